The summed E-state index contributed by atoms with van der Waals surface area (Å²) in [6, 6.07) is 3.29. The standard InChI is InChI=1S/C10H8ClNO2/c1-5-2-8-6(3-9(5)14)7(4-13)10(11)12-8/h2-4,12,14H,1H3. The summed E-state index contributed by atoms with van der Waals surface area (Å²) in [5.41, 5.74) is 1.89. The minimum Gasteiger partial charge on any atom is -0.508 e. The van der Waals surface area contributed by atoms with Gasteiger partial charge in [-0.25, -0.2) is 0 Å². The Kier molecular flexibility index (Phi) is 1.97. The van der Waals surface area contributed by atoms with Gasteiger partial charge in [0.05, 0.1) is 5.56 Å². The molecule has 0 unspecified atom stereocenters. The van der Waals surface area contributed by atoms with Crippen molar-refractivity contribution in [2.75, 3.05) is 0 Å². The van der Waals surface area contributed by atoms with E-state index < -0.39 is 0 Å². The molecule has 0 bridgehead atoms. The third kappa shape index (κ3) is 1.17. The van der Waals surface area contributed by atoms with Crippen molar-refractivity contribution < 1.29 is 9.90 Å². The molecule has 72 valence electrons. The highest BCUT2D eigenvalue weighted by Crippen LogP contribution is 2.29. The summed E-state index contributed by atoms with van der Waals surface area (Å²) in [5.74, 6) is 0.163. The quantitative estimate of drug-likeness (QED) is 0.710. The number of aryl methyl sites for hydroxylation is 1. The molecule has 1 aromatic heterocycles. The Balaban J connectivity index is 2.89. The van der Waals surface area contributed by atoms with Crippen molar-refractivity contribution in [3.8, 4) is 5.75 Å². The third-order valence-corrected chi connectivity index (χ3v) is 2.52. The van der Waals surface area contributed by atoms with Gasteiger partial charge in [-0.05, 0) is 24.6 Å². The maximum Gasteiger partial charge on any atom is 0.153 e. The van der Waals surface area contributed by atoms with Crippen LogP contribution in [0, 0.1) is 6.92 Å². The highest BCUT2D eigenvalue weighted by atomic mass is 35.5. The van der Waals surface area contributed by atoms with E-state index in [1.165, 1.54) is 6.07 Å². The Bertz CT molecular complexity index is 516. The number of phenolic OH excluding ortho intramolecular Hbond substituents is 1. The Labute approximate surface area is 85.3 Å². The molecule has 0 aliphatic rings. The van der Waals surface area contributed by atoms with Gasteiger partial charge in [0.2, 0.25) is 0 Å². The number of aldehydes is 1. The van der Waals surface area contributed by atoms with E-state index in [1.54, 1.807) is 13.0 Å². The zero-order valence-corrected chi connectivity index (χ0v) is 8.22. The summed E-state index contributed by atoms with van der Waals surface area (Å²) < 4.78 is 0. The van der Waals surface area contributed by atoms with E-state index in [1.807, 2.05) is 0 Å². The molecule has 0 amide bonds. The first-order chi connectivity index (χ1) is 6.63. The minimum absolute atomic E-state index is 0.163. The van der Waals surface area contributed by atoms with E-state index in [2.05, 4.69) is 4.98 Å². The SMILES string of the molecule is Cc1cc2[nH]c(Cl)c(C=O)c2cc1O. The molecule has 4 heteroatoms. The summed E-state index contributed by atoms with van der Waals surface area (Å²) in [5, 5.41) is 10.4. The molecule has 0 radical (unpaired) electrons. The lowest BCUT2D eigenvalue weighted by Gasteiger charge is -1.98. The van der Waals surface area contributed by atoms with Gasteiger partial charge in [0.25, 0.3) is 0 Å². The number of hydrogen-bond acceptors (Lipinski definition) is 2. The fourth-order valence-electron chi connectivity index (χ4n) is 1.44. The maximum atomic E-state index is 10.7. The summed E-state index contributed by atoms with van der Waals surface area (Å²) in [6.45, 7) is 1.78. The Morgan fingerprint density at radius 1 is 1.50 bits per heavy atom. The van der Waals surface area contributed by atoms with Gasteiger partial charge in [0.1, 0.15) is 10.9 Å². The van der Waals surface area contributed by atoms with Crippen molar-refractivity contribution in [2.24, 2.45) is 0 Å². The van der Waals surface area contributed by atoms with Crippen molar-refractivity contribution in [2.45, 2.75) is 6.92 Å². The van der Waals surface area contributed by atoms with E-state index in [0.717, 1.165) is 11.1 Å². The van der Waals surface area contributed by atoms with Crippen molar-refractivity contribution in [3.63, 3.8) is 0 Å². The number of halogens is 1. The second-order valence-corrected chi connectivity index (χ2v) is 3.53. The Morgan fingerprint density at radius 3 is 2.86 bits per heavy atom. The van der Waals surface area contributed by atoms with Crippen LogP contribution in [-0.4, -0.2) is 16.4 Å². The average Bonchev–Trinajstić information content (AvgIpc) is 2.42. The molecule has 2 aromatic rings. The van der Waals surface area contributed by atoms with Gasteiger partial charge >= 0.3 is 0 Å². The molecular weight excluding hydrogens is 202 g/mol. The number of aromatic amines is 1. The van der Waals surface area contributed by atoms with Crippen LogP contribution in [0.25, 0.3) is 10.9 Å². The van der Waals surface area contributed by atoms with Crippen LogP contribution in [0.1, 0.15) is 15.9 Å². The molecule has 0 atom stereocenters. The molecular formula is C10H8ClNO2. The second-order valence-electron chi connectivity index (χ2n) is 3.15. The van der Waals surface area contributed by atoms with Gasteiger partial charge in [0, 0.05) is 10.9 Å². The normalized spacial score (nSPS) is 10.7. The molecule has 2 rings (SSSR count). The first-order valence-corrected chi connectivity index (χ1v) is 4.47. The number of carbonyl (C=O) groups is 1. The number of aromatic hydroxyl groups is 1. The summed E-state index contributed by atoms with van der Waals surface area (Å²) in [7, 11) is 0. The summed E-state index contributed by atoms with van der Waals surface area (Å²) in [4.78, 5) is 13.6. The van der Waals surface area contributed by atoms with E-state index in [-0.39, 0.29) is 5.75 Å². The number of rotatable bonds is 1. The maximum absolute atomic E-state index is 10.7. The van der Waals surface area contributed by atoms with Gasteiger partial charge in [-0.3, -0.25) is 4.79 Å². The summed E-state index contributed by atoms with van der Waals surface area (Å²) in [6.07, 6.45) is 0.677. The topological polar surface area (TPSA) is 53.1 Å². The van der Waals surface area contributed by atoms with Crippen LogP contribution in [-0.2, 0) is 0 Å². The van der Waals surface area contributed by atoms with Crippen LogP contribution in [0.3, 0.4) is 0 Å². The number of phenols is 1. The minimum atomic E-state index is 0.163. The van der Waals surface area contributed by atoms with Crippen molar-refractivity contribution in [1.29, 1.82) is 0 Å². The molecule has 14 heavy (non-hydrogen) atoms. The first-order valence-electron chi connectivity index (χ1n) is 4.09. The van der Waals surface area contributed by atoms with E-state index in [4.69, 9.17) is 11.6 Å². The number of H-pyrrole nitrogens is 1. The van der Waals surface area contributed by atoms with Gasteiger partial charge in [-0.2, -0.15) is 0 Å². The monoisotopic (exact) mass is 209 g/mol. The predicted octanol–water partition coefficient (Wildman–Crippen LogP) is 2.65. The molecule has 1 heterocycles. The lowest BCUT2D eigenvalue weighted by atomic mass is 10.1. The molecule has 1 aromatic carbocycles. The number of aromatic nitrogens is 1. The number of benzene rings is 1. The van der Waals surface area contributed by atoms with Crippen LogP contribution in [0.2, 0.25) is 5.15 Å². The Morgan fingerprint density at radius 2 is 2.21 bits per heavy atom. The van der Waals surface area contributed by atoms with Crippen LogP contribution >= 0.6 is 11.6 Å². The summed E-state index contributed by atoms with van der Waals surface area (Å²) >= 11 is 5.80. The van der Waals surface area contributed by atoms with Gasteiger partial charge in [-0.1, -0.05) is 11.6 Å². The van der Waals surface area contributed by atoms with E-state index in [0.29, 0.717) is 22.4 Å². The highest BCUT2D eigenvalue weighted by Gasteiger charge is 2.10. The molecule has 2 N–H and O–H groups in total. The number of nitrogens with one attached hydrogen (secondary N) is 1. The fourth-order valence-corrected chi connectivity index (χ4v) is 1.69. The molecule has 0 aliphatic carbocycles. The Hall–Kier alpha value is -1.48. The lowest BCUT2D eigenvalue weighted by Crippen LogP contribution is -1.78. The third-order valence-electron chi connectivity index (χ3n) is 2.23. The molecule has 0 aliphatic heterocycles. The zero-order valence-electron chi connectivity index (χ0n) is 7.47. The fraction of sp³-hybridized carbons (Fsp3) is 0.100. The number of hydrogen-bond donors (Lipinski definition) is 2. The molecule has 3 nitrogen and oxygen atoms in total. The number of fused-ring (bicyclic) bond motifs is 1. The zero-order chi connectivity index (χ0) is 10.3. The van der Waals surface area contributed by atoms with Gasteiger partial charge < -0.3 is 10.1 Å². The molecule has 0 spiro atoms. The van der Waals surface area contributed by atoms with Gasteiger partial charge in [0.15, 0.2) is 6.29 Å². The predicted molar refractivity (Wildman–Crippen MR) is 55.1 cm³/mol. The first kappa shape index (κ1) is 9.09. The van der Waals surface area contributed by atoms with Crippen LogP contribution in [0.5, 0.6) is 5.75 Å². The van der Waals surface area contributed by atoms with Crippen molar-refractivity contribution in [3.05, 3.63) is 28.4 Å². The van der Waals surface area contributed by atoms with Crippen molar-refractivity contribution in [1.82, 2.24) is 4.98 Å². The second kappa shape index (κ2) is 3.03. The van der Waals surface area contributed by atoms with Crippen LogP contribution < -0.4 is 0 Å². The molecule has 0 fully saturated rings. The van der Waals surface area contributed by atoms with Crippen molar-refractivity contribution >= 4 is 28.8 Å². The van der Waals surface area contributed by atoms with E-state index >= 15 is 0 Å². The highest BCUT2D eigenvalue weighted by molar-refractivity contribution is 6.34. The number of carbonyl (C=O) groups excluding carboxylic acids is 1. The average molecular weight is 210 g/mol. The largest absolute Gasteiger partial charge is 0.508 e. The van der Waals surface area contributed by atoms with Gasteiger partial charge in [-0.15, -0.1) is 0 Å². The lowest BCUT2D eigenvalue weighted by molar-refractivity contribution is 0.112. The van der Waals surface area contributed by atoms with E-state index in [9.17, 15) is 9.90 Å². The van der Waals surface area contributed by atoms with Crippen LogP contribution in [0.15, 0.2) is 12.1 Å². The smallest absolute Gasteiger partial charge is 0.153 e. The van der Waals surface area contributed by atoms with Crippen LogP contribution in [0.4, 0.5) is 0 Å². The molecule has 0 saturated heterocycles. The molecule has 0 saturated carbocycles.